The Morgan fingerprint density at radius 2 is 1.86 bits per heavy atom. The van der Waals surface area contributed by atoms with Crippen LogP contribution < -0.4 is 15.2 Å². The molecule has 1 aromatic rings. The van der Waals surface area contributed by atoms with Gasteiger partial charge in [-0.3, -0.25) is 9.79 Å². The third-order valence-corrected chi connectivity index (χ3v) is 6.73. The van der Waals surface area contributed by atoms with Crippen molar-refractivity contribution in [1.29, 1.82) is 0 Å². The molecule has 162 valence electrons. The van der Waals surface area contributed by atoms with E-state index in [0.29, 0.717) is 43.4 Å². The summed E-state index contributed by atoms with van der Waals surface area (Å²) in [5, 5.41) is 0. The van der Waals surface area contributed by atoms with Crippen LogP contribution in [-0.4, -0.2) is 39.6 Å². The number of nitrogens with zero attached hydrogens (tertiary/aromatic N) is 1. The molecule has 2 rings (SSSR count). The highest BCUT2D eigenvalue weighted by Gasteiger charge is 2.36. The first kappa shape index (κ1) is 23.0. The quantitative estimate of drug-likeness (QED) is 0.299. The Morgan fingerprint density at radius 3 is 2.48 bits per heavy atom. The van der Waals surface area contributed by atoms with Crippen molar-refractivity contribution >= 4 is 22.0 Å². The van der Waals surface area contributed by atoms with Crippen LogP contribution in [0.4, 0.5) is 0 Å². The average Bonchev–Trinajstić information content (AvgIpc) is 2.94. The SMILES string of the molecule is COC(=O)CCCCN=C(N)NS(=O)(=O)c1c(C)c(C)c2c(c1C)CC(C)(C)O2. The second kappa shape index (κ2) is 8.61. The molecule has 0 atom stereocenters. The predicted molar refractivity (Wildman–Crippen MR) is 112 cm³/mol. The van der Waals surface area contributed by atoms with Gasteiger partial charge in [-0.15, -0.1) is 0 Å². The Bertz CT molecular complexity index is 936. The van der Waals surface area contributed by atoms with Gasteiger partial charge in [0.05, 0.1) is 12.0 Å². The molecule has 0 unspecified atom stereocenters. The van der Waals surface area contributed by atoms with Crippen LogP contribution in [0.15, 0.2) is 9.89 Å². The summed E-state index contributed by atoms with van der Waals surface area (Å²) in [6.07, 6.45) is 2.12. The second-order valence-electron chi connectivity index (χ2n) is 7.96. The molecule has 0 aromatic heterocycles. The molecule has 0 aliphatic carbocycles. The standard InChI is InChI=1S/C20H31N3O5S/c1-12-13(2)18(14(3)15-11-20(4,5)28-17(12)15)29(25,26)23-19(21)22-10-8-7-9-16(24)27-6/h7-11H2,1-6H3,(H3,21,22,23). The maximum absolute atomic E-state index is 13.0. The van der Waals surface area contributed by atoms with E-state index in [9.17, 15) is 13.2 Å². The lowest BCUT2D eigenvalue weighted by atomic mass is 9.94. The third kappa shape index (κ3) is 5.20. The number of aliphatic imine (C=N–C) groups is 1. The summed E-state index contributed by atoms with van der Waals surface area (Å²) in [4.78, 5) is 15.4. The monoisotopic (exact) mass is 425 g/mol. The van der Waals surface area contributed by atoms with Gasteiger partial charge in [0, 0.05) is 24.9 Å². The Labute approximate surface area is 172 Å². The van der Waals surface area contributed by atoms with Crippen molar-refractivity contribution in [2.24, 2.45) is 10.7 Å². The van der Waals surface area contributed by atoms with Crippen molar-refractivity contribution in [2.75, 3.05) is 13.7 Å². The first-order valence-corrected chi connectivity index (χ1v) is 11.1. The van der Waals surface area contributed by atoms with Crippen LogP contribution >= 0.6 is 0 Å². The van der Waals surface area contributed by atoms with Crippen molar-refractivity contribution in [3.63, 3.8) is 0 Å². The first-order chi connectivity index (χ1) is 13.4. The number of nitrogens with one attached hydrogen (secondary N) is 1. The number of carbonyl (C=O) groups excluding carboxylic acids is 1. The molecule has 3 N–H and O–H groups in total. The fraction of sp³-hybridized carbons (Fsp3) is 0.600. The third-order valence-electron chi connectivity index (χ3n) is 5.10. The molecule has 8 nitrogen and oxygen atoms in total. The first-order valence-electron chi connectivity index (χ1n) is 9.61. The summed E-state index contributed by atoms with van der Waals surface area (Å²) in [6, 6.07) is 0. The smallest absolute Gasteiger partial charge is 0.305 e. The highest BCUT2D eigenvalue weighted by molar-refractivity contribution is 7.90. The topological polar surface area (TPSA) is 120 Å². The minimum atomic E-state index is -3.90. The number of carbonyl (C=O) groups is 1. The van der Waals surface area contributed by atoms with Gasteiger partial charge in [0.25, 0.3) is 10.0 Å². The molecule has 0 fully saturated rings. The van der Waals surface area contributed by atoms with Crippen LogP contribution in [0, 0.1) is 20.8 Å². The normalized spacial score (nSPS) is 15.6. The molecule has 29 heavy (non-hydrogen) atoms. The lowest BCUT2D eigenvalue weighted by molar-refractivity contribution is -0.140. The predicted octanol–water partition coefficient (Wildman–Crippen LogP) is 2.26. The van der Waals surface area contributed by atoms with E-state index in [1.807, 2.05) is 20.8 Å². The van der Waals surface area contributed by atoms with Crippen LogP contribution in [0.3, 0.4) is 0 Å². The molecule has 0 amide bonds. The number of guanidine groups is 1. The van der Waals surface area contributed by atoms with Crippen molar-refractivity contribution < 1.29 is 22.7 Å². The molecule has 0 bridgehead atoms. The Balaban J connectivity index is 2.19. The van der Waals surface area contributed by atoms with E-state index in [2.05, 4.69) is 14.5 Å². The van der Waals surface area contributed by atoms with Gasteiger partial charge in [0.2, 0.25) is 5.96 Å². The van der Waals surface area contributed by atoms with Crippen LogP contribution in [0.25, 0.3) is 0 Å². The zero-order valence-corrected chi connectivity index (χ0v) is 18.8. The number of ether oxygens (including phenoxy) is 2. The highest BCUT2D eigenvalue weighted by atomic mass is 32.2. The fourth-order valence-corrected chi connectivity index (χ4v) is 5.08. The van der Waals surface area contributed by atoms with E-state index in [-0.39, 0.29) is 22.4 Å². The number of benzene rings is 1. The zero-order valence-electron chi connectivity index (χ0n) is 18.0. The minimum absolute atomic E-state index is 0.170. The molecule has 9 heteroatoms. The van der Waals surface area contributed by atoms with Crippen molar-refractivity contribution in [1.82, 2.24) is 4.72 Å². The Kier molecular flexibility index (Phi) is 6.82. The number of fused-ring (bicyclic) bond motifs is 1. The highest BCUT2D eigenvalue weighted by Crippen LogP contribution is 2.43. The molecular formula is C20H31N3O5S. The Hall–Kier alpha value is -2.29. The summed E-state index contributed by atoms with van der Waals surface area (Å²) < 4.78 is 39.1. The fourth-order valence-electron chi connectivity index (χ4n) is 3.55. The average molecular weight is 426 g/mol. The largest absolute Gasteiger partial charge is 0.487 e. The van der Waals surface area contributed by atoms with Crippen LogP contribution in [0.1, 0.15) is 55.4 Å². The molecule has 1 aromatic carbocycles. The summed E-state index contributed by atoms with van der Waals surface area (Å²) >= 11 is 0. The van der Waals surface area contributed by atoms with Gasteiger partial charge >= 0.3 is 5.97 Å². The summed E-state index contributed by atoms with van der Waals surface area (Å²) in [5.41, 5.74) is 8.47. The number of hydrogen-bond donors (Lipinski definition) is 2. The molecule has 1 heterocycles. The zero-order chi connectivity index (χ0) is 22.0. The van der Waals surface area contributed by atoms with Gasteiger partial charge < -0.3 is 15.2 Å². The number of rotatable bonds is 7. The maximum atomic E-state index is 13.0. The van der Waals surface area contributed by atoms with Crippen LogP contribution in [0.5, 0.6) is 5.75 Å². The number of sulfonamides is 1. The van der Waals surface area contributed by atoms with Gasteiger partial charge in [-0.25, -0.2) is 13.1 Å². The second-order valence-corrected chi connectivity index (χ2v) is 9.58. The molecule has 0 radical (unpaired) electrons. The minimum Gasteiger partial charge on any atom is -0.487 e. The Morgan fingerprint density at radius 1 is 1.21 bits per heavy atom. The van der Waals surface area contributed by atoms with Gasteiger partial charge in [-0.05, 0) is 64.2 Å². The van der Waals surface area contributed by atoms with E-state index in [0.717, 1.165) is 16.9 Å². The van der Waals surface area contributed by atoms with Gasteiger partial charge in [0.15, 0.2) is 0 Å². The number of hydrogen-bond acceptors (Lipinski definition) is 6. The lowest BCUT2D eigenvalue weighted by Crippen LogP contribution is -2.37. The van der Waals surface area contributed by atoms with Crippen LogP contribution in [-0.2, 0) is 26.0 Å². The number of methoxy groups -OCH3 is 1. The van der Waals surface area contributed by atoms with Crippen molar-refractivity contribution in [3.05, 3.63) is 22.3 Å². The lowest BCUT2D eigenvalue weighted by Gasteiger charge is -2.19. The number of nitrogens with two attached hydrogens (primary N) is 1. The van der Waals surface area contributed by atoms with E-state index in [1.165, 1.54) is 7.11 Å². The summed E-state index contributed by atoms with van der Waals surface area (Å²) in [6.45, 7) is 9.72. The number of unbranched alkanes of at least 4 members (excludes halogenated alkanes) is 1. The van der Waals surface area contributed by atoms with E-state index in [4.69, 9.17) is 10.5 Å². The van der Waals surface area contributed by atoms with E-state index in [1.54, 1.807) is 13.8 Å². The van der Waals surface area contributed by atoms with Gasteiger partial charge in [-0.1, -0.05) is 0 Å². The van der Waals surface area contributed by atoms with Crippen LogP contribution in [0.2, 0.25) is 0 Å². The van der Waals surface area contributed by atoms with Crippen molar-refractivity contribution in [2.45, 2.75) is 70.8 Å². The number of esters is 1. The van der Waals surface area contributed by atoms with E-state index < -0.39 is 10.0 Å². The van der Waals surface area contributed by atoms with Crippen molar-refractivity contribution in [3.8, 4) is 5.75 Å². The van der Waals surface area contributed by atoms with E-state index >= 15 is 0 Å². The molecule has 0 spiro atoms. The molecule has 0 saturated heterocycles. The molecular weight excluding hydrogens is 394 g/mol. The maximum Gasteiger partial charge on any atom is 0.305 e. The molecule has 0 saturated carbocycles. The summed E-state index contributed by atoms with van der Waals surface area (Å²) in [5.74, 6) is 0.320. The summed E-state index contributed by atoms with van der Waals surface area (Å²) in [7, 11) is -2.56. The van der Waals surface area contributed by atoms with Gasteiger partial charge in [0.1, 0.15) is 11.4 Å². The molecule has 1 aliphatic rings. The van der Waals surface area contributed by atoms with Gasteiger partial charge in [-0.2, -0.15) is 0 Å². The molecule has 1 aliphatic heterocycles.